The van der Waals surface area contributed by atoms with Gasteiger partial charge in [-0.2, -0.15) is 45.3 Å². The van der Waals surface area contributed by atoms with E-state index in [1.807, 2.05) is 24.3 Å². The van der Waals surface area contributed by atoms with Gasteiger partial charge in [-0.15, -0.1) is 0 Å². The van der Waals surface area contributed by atoms with Crippen molar-refractivity contribution in [3.63, 3.8) is 0 Å². The van der Waals surface area contributed by atoms with Gasteiger partial charge in [-0.3, -0.25) is 19.8 Å². The number of aromatic amines is 2. The SMILES string of the molecule is O=C(Nc1ccc(C(F)(F)C(F)(F)F)c(OCC2CCCN2)c1)c1cccnc1Nc1ccc2cn[nH]c2c1.O=C(Nc1ccc(C(F)(F)F)c(OCC2CCCN2)c1)c1cccnc1Nc1ccc2cn[nH]c2c1. The van der Waals surface area contributed by atoms with Crippen LogP contribution in [-0.2, 0) is 12.1 Å². The number of carbonyl (C=O) groups is 2. The van der Waals surface area contributed by atoms with E-state index in [9.17, 15) is 44.7 Å². The second-order valence-electron chi connectivity index (χ2n) is 17.5. The van der Waals surface area contributed by atoms with Gasteiger partial charge >= 0.3 is 18.3 Å². The van der Waals surface area contributed by atoms with Crippen LogP contribution in [0.5, 0.6) is 11.5 Å². The molecule has 0 saturated carbocycles. The minimum absolute atomic E-state index is 0.00524. The van der Waals surface area contributed by atoms with E-state index in [-0.39, 0.29) is 59.4 Å². The fraction of sp³-hybridized carbons (Fsp3) is 0.255. The van der Waals surface area contributed by atoms with Crippen LogP contribution in [0.15, 0.2) is 122 Å². The highest BCUT2D eigenvalue weighted by atomic mass is 19.4. The molecule has 0 bridgehead atoms. The second kappa shape index (κ2) is 22.0. The Labute approximate surface area is 421 Å². The first-order valence-corrected chi connectivity index (χ1v) is 23.4. The number of amides is 2. The van der Waals surface area contributed by atoms with Gasteiger partial charge in [0.25, 0.3) is 11.8 Å². The largest absolute Gasteiger partial charge is 0.491 e. The van der Waals surface area contributed by atoms with E-state index >= 15 is 0 Å². The van der Waals surface area contributed by atoms with Crippen LogP contribution in [0, 0.1) is 0 Å². The zero-order valence-corrected chi connectivity index (χ0v) is 39.3. The van der Waals surface area contributed by atoms with Gasteiger partial charge in [0.05, 0.1) is 45.7 Å². The Morgan fingerprint density at radius 3 is 1.47 bits per heavy atom. The van der Waals surface area contributed by atoms with Crippen molar-refractivity contribution in [1.82, 2.24) is 41.0 Å². The number of rotatable bonds is 15. The summed E-state index contributed by atoms with van der Waals surface area (Å²) >= 11 is 0. The third-order valence-electron chi connectivity index (χ3n) is 12.2. The lowest BCUT2D eigenvalue weighted by atomic mass is 10.1. The summed E-state index contributed by atoms with van der Waals surface area (Å²) in [4.78, 5) is 34.7. The predicted molar refractivity (Wildman–Crippen MR) is 264 cm³/mol. The minimum Gasteiger partial charge on any atom is -0.491 e. The zero-order valence-electron chi connectivity index (χ0n) is 39.3. The van der Waals surface area contributed by atoms with Crippen LogP contribution in [0.1, 0.15) is 57.5 Å². The average Bonchev–Trinajstić information content (AvgIpc) is 4.25. The fourth-order valence-electron chi connectivity index (χ4n) is 8.34. The molecule has 2 atom stereocenters. The minimum atomic E-state index is -5.82. The number of ether oxygens (including phenoxy) is 2. The zero-order chi connectivity index (χ0) is 52.7. The maximum atomic E-state index is 14.3. The third kappa shape index (κ3) is 12.4. The maximum Gasteiger partial charge on any atom is 0.458 e. The standard InChI is InChI=1S/C26H23F5N6O2.C25H23F3N6O2/c27-25(28,26(29,30)31)20-8-7-17(12-22(20)39-14-18-3-1-9-32-18)36-24(38)19-4-2-10-33-23(19)35-16-6-5-15-13-34-37-21(15)11-16;26-25(27,28)20-8-7-17(12-22(20)36-14-18-3-1-9-29-18)33-24(35)19-4-2-10-30-23(19)32-16-6-5-15-13-31-34-21(15)11-16/h2,4-8,10-13,18,32H,1,3,9,14H2,(H,33,35)(H,34,37)(H,36,38);2,4-8,10-13,18,29H,1,3,9,14H2,(H,30,32)(H,31,34)(H,33,35). The monoisotopic (exact) mass is 1040 g/mol. The summed E-state index contributed by atoms with van der Waals surface area (Å²) in [7, 11) is 0. The Morgan fingerprint density at radius 1 is 0.573 bits per heavy atom. The van der Waals surface area contributed by atoms with Crippen molar-refractivity contribution in [3.05, 3.63) is 144 Å². The van der Waals surface area contributed by atoms with Crippen LogP contribution in [0.25, 0.3) is 21.8 Å². The highest BCUT2D eigenvalue weighted by Gasteiger charge is 2.60. The molecular weight excluding hydrogens is 997 g/mol. The summed E-state index contributed by atoms with van der Waals surface area (Å²) in [6.45, 7) is 1.52. The van der Waals surface area contributed by atoms with Gasteiger partial charge in [-0.1, -0.05) is 0 Å². The van der Waals surface area contributed by atoms with Crippen LogP contribution in [-0.4, -0.2) is 86.7 Å². The van der Waals surface area contributed by atoms with E-state index in [0.717, 1.165) is 65.8 Å². The number of carbonyl (C=O) groups excluding carboxylic acids is 2. The van der Waals surface area contributed by atoms with Gasteiger partial charge in [0.15, 0.2) is 0 Å². The van der Waals surface area contributed by atoms with Crippen molar-refractivity contribution in [1.29, 1.82) is 0 Å². The normalized spacial score (nSPS) is 15.8. The summed E-state index contributed by atoms with van der Waals surface area (Å²) < 4.78 is 120. The molecule has 24 heteroatoms. The third-order valence-corrected chi connectivity index (χ3v) is 12.2. The number of hydrogen-bond donors (Lipinski definition) is 8. The Bertz CT molecular complexity index is 3300. The number of fused-ring (bicyclic) bond motifs is 2. The lowest BCUT2D eigenvalue weighted by Crippen LogP contribution is -2.35. The molecule has 2 aliphatic rings. The van der Waals surface area contributed by atoms with Crippen LogP contribution < -0.4 is 41.4 Å². The Balaban J connectivity index is 0.000000184. The Kier molecular flexibility index (Phi) is 15.1. The topological polar surface area (TPSA) is 208 Å². The summed E-state index contributed by atoms with van der Waals surface area (Å²) in [5.41, 5.74) is 1.15. The predicted octanol–water partition coefficient (Wildman–Crippen LogP) is 10.8. The summed E-state index contributed by atoms with van der Waals surface area (Å²) in [6, 6.07) is 22.8. The average molecular weight is 1040 g/mol. The van der Waals surface area contributed by atoms with E-state index < -0.39 is 47.0 Å². The lowest BCUT2D eigenvalue weighted by Gasteiger charge is -2.24. The van der Waals surface area contributed by atoms with Crippen LogP contribution in [0.4, 0.5) is 69.5 Å². The first-order valence-electron chi connectivity index (χ1n) is 23.4. The second-order valence-corrected chi connectivity index (χ2v) is 17.5. The highest BCUT2D eigenvalue weighted by Crippen LogP contribution is 2.48. The highest BCUT2D eigenvalue weighted by molar-refractivity contribution is 6.09. The molecule has 0 aliphatic carbocycles. The molecule has 10 rings (SSSR count). The molecule has 6 heterocycles. The number of nitrogens with zero attached hydrogens (tertiary/aromatic N) is 4. The molecule has 8 aromatic rings. The molecule has 390 valence electrons. The first-order chi connectivity index (χ1) is 36.0. The maximum absolute atomic E-state index is 14.3. The summed E-state index contributed by atoms with van der Waals surface area (Å²) in [6.07, 6.45) is -0.705. The van der Waals surface area contributed by atoms with Gasteiger partial charge in [0.2, 0.25) is 0 Å². The molecule has 8 N–H and O–H groups in total. The fourth-order valence-corrected chi connectivity index (χ4v) is 8.34. The van der Waals surface area contributed by atoms with Gasteiger partial charge < -0.3 is 41.4 Å². The molecular formula is C51H46F8N12O4. The summed E-state index contributed by atoms with van der Waals surface area (Å²) in [5.74, 6) is -6.83. The molecule has 16 nitrogen and oxygen atoms in total. The smallest absolute Gasteiger partial charge is 0.458 e. The number of alkyl halides is 8. The number of aromatic nitrogens is 6. The molecule has 75 heavy (non-hydrogen) atoms. The number of halogens is 8. The van der Waals surface area contributed by atoms with Crippen molar-refractivity contribution >= 4 is 68.0 Å². The molecule has 2 fully saturated rings. The van der Waals surface area contributed by atoms with E-state index in [2.05, 4.69) is 62.3 Å². The number of H-pyrrole nitrogens is 2. The number of nitrogens with one attached hydrogen (secondary N) is 8. The molecule has 0 radical (unpaired) electrons. The van der Waals surface area contributed by atoms with Crippen molar-refractivity contribution in [3.8, 4) is 11.5 Å². The van der Waals surface area contributed by atoms with Crippen molar-refractivity contribution < 1.29 is 54.2 Å². The van der Waals surface area contributed by atoms with Crippen molar-refractivity contribution in [2.24, 2.45) is 0 Å². The number of hydrogen-bond acceptors (Lipinski definition) is 12. The van der Waals surface area contributed by atoms with Gasteiger partial charge in [-0.05, 0) is 124 Å². The van der Waals surface area contributed by atoms with Gasteiger partial charge in [0, 0.05) is 70.1 Å². The molecule has 2 saturated heterocycles. The van der Waals surface area contributed by atoms with Crippen LogP contribution >= 0.6 is 0 Å². The van der Waals surface area contributed by atoms with Gasteiger partial charge in [-0.25, -0.2) is 9.97 Å². The van der Waals surface area contributed by atoms with Crippen molar-refractivity contribution in [2.75, 3.05) is 47.6 Å². The molecule has 2 aliphatic heterocycles. The Morgan fingerprint density at radius 2 is 1.03 bits per heavy atom. The lowest BCUT2D eigenvalue weighted by molar-refractivity contribution is -0.289. The molecule has 4 aromatic carbocycles. The molecule has 2 amide bonds. The number of benzene rings is 4. The first kappa shape index (κ1) is 51.5. The van der Waals surface area contributed by atoms with Crippen LogP contribution in [0.3, 0.4) is 0 Å². The molecule has 0 spiro atoms. The van der Waals surface area contributed by atoms with E-state index in [1.54, 1.807) is 36.7 Å². The molecule has 2 unspecified atom stereocenters. The van der Waals surface area contributed by atoms with E-state index in [1.165, 1.54) is 36.7 Å². The van der Waals surface area contributed by atoms with Gasteiger partial charge in [0.1, 0.15) is 36.3 Å². The van der Waals surface area contributed by atoms with Crippen molar-refractivity contribution in [2.45, 2.75) is 56.0 Å². The van der Waals surface area contributed by atoms with E-state index in [0.29, 0.717) is 36.2 Å². The molecule has 4 aromatic heterocycles. The quantitative estimate of drug-likeness (QED) is 0.0451. The number of pyridine rings is 2. The summed E-state index contributed by atoms with van der Waals surface area (Å²) in [5, 5.41) is 33.2. The van der Waals surface area contributed by atoms with E-state index in [4.69, 9.17) is 9.47 Å². The number of anilines is 6. The Hall–Kier alpha value is -8.38. The van der Waals surface area contributed by atoms with Crippen LogP contribution in [0.2, 0.25) is 0 Å².